The van der Waals surface area contributed by atoms with Crippen molar-refractivity contribution >= 4 is 5.91 Å². The van der Waals surface area contributed by atoms with Gasteiger partial charge in [-0.15, -0.1) is 5.10 Å². The van der Waals surface area contributed by atoms with E-state index in [1.54, 1.807) is 6.07 Å². The molecule has 1 N–H and O–H groups in total. The van der Waals surface area contributed by atoms with Crippen LogP contribution in [0.4, 0.5) is 0 Å². The maximum Gasteiger partial charge on any atom is 0.266 e. The highest BCUT2D eigenvalue weighted by atomic mass is 16.2. The van der Waals surface area contributed by atoms with Crippen molar-refractivity contribution in [1.82, 2.24) is 29.9 Å². The molecule has 0 aliphatic rings. The van der Waals surface area contributed by atoms with E-state index in [0.29, 0.717) is 18.8 Å². The summed E-state index contributed by atoms with van der Waals surface area (Å²) >= 11 is 0. The number of nitrogens with one attached hydrogen (secondary N) is 1. The first kappa shape index (κ1) is 17.5. The normalized spacial score (nSPS) is 11.9. The van der Waals surface area contributed by atoms with E-state index in [9.17, 15) is 9.59 Å². The molecule has 0 saturated carbocycles. The van der Waals surface area contributed by atoms with Gasteiger partial charge in [-0.1, -0.05) is 37.3 Å². The van der Waals surface area contributed by atoms with Gasteiger partial charge in [-0.3, -0.25) is 9.59 Å². The number of carbonyl (C=O) groups excluding carboxylic acids is 1. The number of aromatic nitrogens is 5. The summed E-state index contributed by atoms with van der Waals surface area (Å²) in [6.07, 6.45) is 3.60. The SMILES string of the molecule is CC[C@H](C(=O)NCCn1nc(-n2cncn2)ccc1=O)c1ccccc1. The fraction of sp³-hybridized carbons (Fsp3) is 0.278. The minimum atomic E-state index is -0.238. The summed E-state index contributed by atoms with van der Waals surface area (Å²) in [4.78, 5) is 28.3. The Morgan fingerprint density at radius 1 is 1.19 bits per heavy atom. The van der Waals surface area contributed by atoms with E-state index in [2.05, 4.69) is 20.5 Å². The van der Waals surface area contributed by atoms with Crippen LogP contribution >= 0.6 is 0 Å². The predicted octanol–water partition coefficient (Wildman–Crippen LogP) is 1.13. The van der Waals surface area contributed by atoms with Crippen LogP contribution in [0.25, 0.3) is 5.82 Å². The van der Waals surface area contributed by atoms with Crippen molar-refractivity contribution < 1.29 is 4.79 Å². The Labute approximate surface area is 150 Å². The number of amides is 1. The van der Waals surface area contributed by atoms with Gasteiger partial charge in [0.15, 0.2) is 5.82 Å². The van der Waals surface area contributed by atoms with Crippen LogP contribution in [-0.4, -0.2) is 37.0 Å². The molecule has 3 rings (SSSR count). The standard InChI is InChI=1S/C18H20N6O2/c1-2-15(14-6-4-3-5-7-14)18(26)20-10-11-23-17(25)9-8-16(22-23)24-13-19-12-21-24/h3-9,12-13,15H,2,10-11H2,1H3,(H,20,26)/t15-/m0/s1. The molecule has 0 aliphatic carbocycles. The van der Waals surface area contributed by atoms with Crippen molar-refractivity contribution in [2.75, 3.05) is 6.54 Å². The Morgan fingerprint density at radius 2 is 2.00 bits per heavy atom. The third kappa shape index (κ3) is 4.02. The van der Waals surface area contributed by atoms with Gasteiger partial charge in [0.2, 0.25) is 5.91 Å². The lowest BCUT2D eigenvalue weighted by Crippen LogP contribution is -2.34. The van der Waals surface area contributed by atoms with Crippen molar-refractivity contribution in [2.45, 2.75) is 25.8 Å². The maximum absolute atomic E-state index is 12.5. The molecule has 2 heterocycles. The van der Waals surface area contributed by atoms with Crippen molar-refractivity contribution in [2.24, 2.45) is 0 Å². The van der Waals surface area contributed by atoms with Crippen LogP contribution in [0, 0.1) is 0 Å². The van der Waals surface area contributed by atoms with Crippen LogP contribution in [0.5, 0.6) is 0 Å². The first-order valence-electron chi connectivity index (χ1n) is 8.45. The van der Waals surface area contributed by atoms with Crippen LogP contribution in [0.3, 0.4) is 0 Å². The molecule has 0 fully saturated rings. The molecule has 0 bridgehead atoms. The van der Waals surface area contributed by atoms with E-state index in [-0.39, 0.29) is 23.9 Å². The van der Waals surface area contributed by atoms with Crippen LogP contribution in [0.2, 0.25) is 0 Å². The highest BCUT2D eigenvalue weighted by Gasteiger charge is 2.17. The van der Waals surface area contributed by atoms with Gasteiger partial charge in [-0.25, -0.2) is 14.3 Å². The number of carbonyl (C=O) groups is 1. The van der Waals surface area contributed by atoms with Gasteiger partial charge in [0.05, 0.1) is 12.5 Å². The Kier molecular flexibility index (Phi) is 5.52. The van der Waals surface area contributed by atoms with Crippen molar-refractivity contribution in [3.63, 3.8) is 0 Å². The van der Waals surface area contributed by atoms with E-state index >= 15 is 0 Å². The molecule has 1 aromatic carbocycles. The second kappa shape index (κ2) is 8.19. The zero-order valence-electron chi connectivity index (χ0n) is 14.4. The van der Waals surface area contributed by atoms with Crippen LogP contribution in [0.15, 0.2) is 59.9 Å². The van der Waals surface area contributed by atoms with E-state index in [0.717, 1.165) is 5.56 Å². The average Bonchev–Trinajstić information content (AvgIpc) is 3.19. The second-order valence-electron chi connectivity index (χ2n) is 5.76. The fourth-order valence-corrected chi connectivity index (χ4v) is 2.71. The highest BCUT2D eigenvalue weighted by Crippen LogP contribution is 2.18. The monoisotopic (exact) mass is 352 g/mol. The molecule has 0 radical (unpaired) electrons. The number of benzene rings is 1. The summed E-state index contributed by atoms with van der Waals surface area (Å²) in [5, 5.41) is 11.1. The molecule has 8 heteroatoms. The van der Waals surface area contributed by atoms with E-state index in [1.807, 2.05) is 37.3 Å². The van der Waals surface area contributed by atoms with E-state index in [4.69, 9.17) is 0 Å². The summed E-state index contributed by atoms with van der Waals surface area (Å²) < 4.78 is 2.78. The number of rotatable bonds is 7. The molecule has 0 aliphatic heterocycles. The zero-order valence-corrected chi connectivity index (χ0v) is 14.4. The Balaban J connectivity index is 1.63. The van der Waals surface area contributed by atoms with Gasteiger partial charge >= 0.3 is 0 Å². The molecule has 1 amide bonds. The van der Waals surface area contributed by atoms with Gasteiger partial charge in [-0.05, 0) is 18.1 Å². The number of hydrogen-bond acceptors (Lipinski definition) is 5. The minimum absolute atomic E-state index is 0.0563. The summed E-state index contributed by atoms with van der Waals surface area (Å²) in [5.74, 6) is 0.227. The highest BCUT2D eigenvalue weighted by molar-refractivity contribution is 5.83. The minimum Gasteiger partial charge on any atom is -0.354 e. The second-order valence-corrected chi connectivity index (χ2v) is 5.76. The molecule has 3 aromatic rings. The molecule has 0 saturated heterocycles. The van der Waals surface area contributed by atoms with Crippen molar-refractivity contribution in [1.29, 1.82) is 0 Å². The summed E-state index contributed by atoms with van der Waals surface area (Å²) in [6.45, 7) is 2.57. The van der Waals surface area contributed by atoms with Crippen molar-refractivity contribution in [3.8, 4) is 5.82 Å². The lowest BCUT2D eigenvalue weighted by atomic mass is 9.96. The van der Waals surface area contributed by atoms with Crippen LogP contribution in [-0.2, 0) is 11.3 Å². The van der Waals surface area contributed by atoms with Gasteiger partial charge in [-0.2, -0.15) is 5.10 Å². The molecule has 0 unspecified atom stereocenters. The summed E-state index contributed by atoms with van der Waals surface area (Å²) in [6, 6.07) is 12.7. The Bertz CT molecular complexity index is 905. The first-order chi connectivity index (χ1) is 12.7. The molecule has 8 nitrogen and oxygen atoms in total. The van der Waals surface area contributed by atoms with Gasteiger partial charge in [0, 0.05) is 12.6 Å². The Hall–Kier alpha value is -3.29. The summed E-state index contributed by atoms with van der Waals surface area (Å²) in [7, 11) is 0. The molecular weight excluding hydrogens is 332 g/mol. The lowest BCUT2D eigenvalue weighted by molar-refractivity contribution is -0.122. The quantitative estimate of drug-likeness (QED) is 0.688. The molecule has 0 spiro atoms. The van der Waals surface area contributed by atoms with Crippen molar-refractivity contribution in [3.05, 3.63) is 71.0 Å². The third-order valence-corrected chi connectivity index (χ3v) is 4.06. The van der Waals surface area contributed by atoms with E-state index in [1.165, 1.54) is 28.1 Å². The van der Waals surface area contributed by atoms with E-state index < -0.39 is 0 Å². The third-order valence-electron chi connectivity index (χ3n) is 4.06. The average molecular weight is 352 g/mol. The Morgan fingerprint density at radius 3 is 2.69 bits per heavy atom. The fourth-order valence-electron chi connectivity index (χ4n) is 2.71. The van der Waals surface area contributed by atoms with Gasteiger partial charge < -0.3 is 5.32 Å². The summed E-state index contributed by atoms with van der Waals surface area (Å²) in [5.41, 5.74) is 0.745. The van der Waals surface area contributed by atoms with Gasteiger partial charge in [0.1, 0.15) is 12.7 Å². The topological polar surface area (TPSA) is 94.7 Å². The zero-order chi connectivity index (χ0) is 18.4. The molecular formula is C18H20N6O2. The number of nitrogens with zero attached hydrogens (tertiary/aromatic N) is 5. The predicted molar refractivity (Wildman–Crippen MR) is 95.9 cm³/mol. The largest absolute Gasteiger partial charge is 0.354 e. The van der Waals surface area contributed by atoms with Crippen LogP contribution < -0.4 is 10.9 Å². The van der Waals surface area contributed by atoms with Crippen LogP contribution in [0.1, 0.15) is 24.8 Å². The molecule has 134 valence electrons. The smallest absolute Gasteiger partial charge is 0.266 e. The lowest BCUT2D eigenvalue weighted by Gasteiger charge is -2.15. The first-order valence-corrected chi connectivity index (χ1v) is 8.45. The molecule has 1 atom stereocenters. The molecule has 2 aromatic heterocycles. The van der Waals surface area contributed by atoms with Gasteiger partial charge in [0.25, 0.3) is 5.56 Å². The number of hydrogen-bond donors (Lipinski definition) is 1. The molecule has 26 heavy (non-hydrogen) atoms. The maximum atomic E-state index is 12.5.